The van der Waals surface area contributed by atoms with Crippen LogP contribution in [0.2, 0.25) is 0 Å². The van der Waals surface area contributed by atoms with Crippen molar-refractivity contribution in [3.05, 3.63) is 41.5 Å². The summed E-state index contributed by atoms with van der Waals surface area (Å²) in [6.45, 7) is 0. The second-order valence-electron chi connectivity index (χ2n) is 3.07. The normalized spacial score (nSPS) is 19.6. The van der Waals surface area contributed by atoms with Crippen LogP contribution in [-0.2, 0) is 0 Å². The van der Waals surface area contributed by atoms with Crippen molar-refractivity contribution in [1.82, 2.24) is 0 Å². The van der Waals surface area contributed by atoms with Crippen LogP contribution >= 0.6 is 15.9 Å². The van der Waals surface area contributed by atoms with Crippen molar-refractivity contribution in [1.29, 1.82) is 0 Å². The average molecular weight is 223 g/mol. The highest BCUT2D eigenvalue weighted by Crippen LogP contribution is 2.32. The third-order valence-corrected chi connectivity index (χ3v) is 2.78. The fourth-order valence-corrected chi connectivity index (χ4v) is 2.19. The summed E-state index contributed by atoms with van der Waals surface area (Å²) in [5.41, 5.74) is 2.88. The molecule has 0 N–H and O–H groups in total. The third-order valence-electron chi connectivity index (χ3n) is 2.32. The average Bonchev–Trinajstić information content (AvgIpc) is 2.50. The molecule has 0 aliphatic heterocycles. The van der Waals surface area contributed by atoms with Gasteiger partial charge in [0.25, 0.3) is 0 Å². The van der Waals surface area contributed by atoms with Crippen LogP contribution < -0.4 is 0 Å². The molecule has 0 heterocycles. The van der Waals surface area contributed by atoms with Gasteiger partial charge in [0.1, 0.15) is 0 Å². The van der Waals surface area contributed by atoms with Gasteiger partial charge in [-0.25, -0.2) is 0 Å². The Bertz CT molecular complexity index is 302. The van der Waals surface area contributed by atoms with Gasteiger partial charge in [-0.05, 0) is 17.5 Å². The van der Waals surface area contributed by atoms with Gasteiger partial charge in [-0.2, -0.15) is 0 Å². The fraction of sp³-hybridized carbons (Fsp3) is 0.273. The minimum absolute atomic E-state index is 0.639. The van der Waals surface area contributed by atoms with E-state index < -0.39 is 0 Å². The molecule has 1 heteroatoms. The predicted octanol–water partition coefficient (Wildman–Crippen LogP) is 3.58. The van der Waals surface area contributed by atoms with Crippen molar-refractivity contribution in [3.63, 3.8) is 0 Å². The van der Waals surface area contributed by atoms with Crippen LogP contribution in [0.4, 0.5) is 0 Å². The molecule has 0 amide bonds. The molecular formula is C11H11Br. The minimum Gasteiger partial charge on any atom is -0.0928 e. The molecule has 62 valence electrons. The Morgan fingerprint density at radius 1 is 1.25 bits per heavy atom. The van der Waals surface area contributed by atoms with Crippen molar-refractivity contribution in [3.8, 4) is 0 Å². The Morgan fingerprint density at radius 2 is 2.08 bits per heavy atom. The van der Waals surface area contributed by atoms with Crippen LogP contribution in [0.5, 0.6) is 0 Å². The quantitative estimate of drug-likeness (QED) is 0.672. The summed E-state index contributed by atoms with van der Waals surface area (Å²) in [5, 5.41) is 1.08. The fourth-order valence-electron chi connectivity index (χ4n) is 1.69. The van der Waals surface area contributed by atoms with Crippen LogP contribution in [0.25, 0.3) is 6.08 Å². The van der Waals surface area contributed by atoms with Crippen molar-refractivity contribution in [2.24, 2.45) is 0 Å². The highest BCUT2D eigenvalue weighted by molar-refractivity contribution is 9.09. The van der Waals surface area contributed by atoms with Gasteiger partial charge in [0.2, 0.25) is 0 Å². The third kappa shape index (κ3) is 1.34. The zero-order valence-corrected chi connectivity index (χ0v) is 8.42. The highest BCUT2D eigenvalue weighted by atomic mass is 79.9. The summed E-state index contributed by atoms with van der Waals surface area (Å²) in [6.07, 6.45) is 5.72. The van der Waals surface area contributed by atoms with Gasteiger partial charge in [0, 0.05) is 11.2 Å². The molecule has 1 aliphatic carbocycles. The molecule has 0 fully saturated rings. The summed E-state index contributed by atoms with van der Waals surface area (Å²) in [5.74, 6) is 0.639. The molecule has 12 heavy (non-hydrogen) atoms. The minimum atomic E-state index is 0.639. The van der Waals surface area contributed by atoms with E-state index in [1.807, 2.05) is 0 Å². The second-order valence-corrected chi connectivity index (χ2v) is 3.87. The van der Waals surface area contributed by atoms with E-state index in [4.69, 9.17) is 0 Å². The Morgan fingerprint density at radius 3 is 2.92 bits per heavy atom. The number of hydrogen-bond donors (Lipinski definition) is 0. The van der Waals surface area contributed by atoms with Gasteiger partial charge in [0.05, 0.1) is 0 Å². The molecule has 1 unspecified atom stereocenters. The van der Waals surface area contributed by atoms with Gasteiger partial charge in [-0.3, -0.25) is 0 Å². The lowest BCUT2D eigenvalue weighted by molar-refractivity contribution is 0.832. The Balaban J connectivity index is 2.30. The van der Waals surface area contributed by atoms with Crippen LogP contribution in [-0.4, -0.2) is 5.33 Å². The first-order valence-electron chi connectivity index (χ1n) is 4.25. The topological polar surface area (TPSA) is 0 Å². The van der Waals surface area contributed by atoms with E-state index in [2.05, 4.69) is 52.3 Å². The summed E-state index contributed by atoms with van der Waals surface area (Å²) in [7, 11) is 0. The number of fused-ring (bicyclic) bond motifs is 1. The Kier molecular flexibility index (Phi) is 2.31. The highest BCUT2D eigenvalue weighted by Gasteiger charge is 2.14. The first kappa shape index (κ1) is 8.06. The maximum absolute atomic E-state index is 3.48. The SMILES string of the molecule is BrCCC1C=Cc2ccccc21. The zero-order chi connectivity index (χ0) is 8.39. The van der Waals surface area contributed by atoms with Gasteiger partial charge in [-0.1, -0.05) is 52.3 Å². The summed E-state index contributed by atoms with van der Waals surface area (Å²) >= 11 is 3.48. The van der Waals surface area contributed by atoms with Crippen molar-refractivity contribution in [2.45, 2.75) is 12.3 Å². The molecule has 0 radical (unpaired) electrons. The van der Waals surface area contributed by atoms with Crippen molar-refractivity contribution in [2.75, 3.05) is 5.33 Å². The van der Waals surface area contributed by atoms with Crippen molar-refractivity contribution < 1.29 is 0 Å². The van der Waals surface area contributed by atoms with E-state index >= 15 is 0 Å². The van der Waals surface area contributed by atoms with Crippen LogP contribution in [0.3, 0.4) is 0 Å². The molecule has 1 aromatic rings. The predicted molar refractivity (Wildman–Crippen MR) is 56.6 cm³/mol. The number of rotatable bonds is 2. The molecule has 1 aliphatic rings. The largest absolute Gasteiger partial charge is 0.0928 e. The smallest absolute Gasteiger partial charge is 0.00401 e. The van der Waals surface area contributed by atoms with Gasteiger partial charge >= 0.3 is 0 Å². The molecule has 0 aromatic heterocycles. The Hall–Kier alpha value is -0.560. The zero-order valence-electron chi connectivity index (χ0n) is 6.83. The van der Waals surface area contributed by atoms with Crippen LogP contribution in [0, 0.1) is 0 Å². The summed E-state index contributed by atoms with van der Waals surface area (Å²) < 4.78 is 0. The molecule has 1 atom stereocenters. The summed E-state index contributed by atoms with van der Waals surface area (Å²) in [4.78, 5) is 0. The maximum atomic E-state index is 3.48. The lowest BCUT2D eigenvalue weighted by Gasteiger charge is -2.07. The van der Waals surface area contributed by atoms with E-state index in [1.54, 1.807) is 0 Å². The van der Waals surface area contributed by atoms with E-state index in [-0.39, 0.29) is 0 Å². The van der Waals surface area contributed by atoms with Gasteiger partial charge in [-0.15, -0.1) is 0 Å². The van der Waals surface area contributed by atoms with E-state index in [0.29, 0.717) is 5.92 Å². The van der Waals surface area contributed by atoms with E-state index in [0.717, 1.165) is 5.33 Å². The first-order chi connectivity index (χ1) is 5.92. The van der Waals surface area contributed by atoms with Crippen LogP contribution in [0.1, 0.15) is 23.5 Å². The lowest BCUT2D eigenvalue weighted by Crippen LogP contribution is -1.92. The van der Waals surface area contributed by atoms with E-state index in [1.165, 1.54) is 17.5 Å². The molecular weight excluding hydrogens is 212 g/mol. The van der Waals surface area contributed by atoms with Gasteiger partial charge < -0.3 is 0 Å². The van der Waals surface area contributed by atoms with Crippen LogP contribution in [0.15, 0.2) is 30.3 Å². The number of benzene rings is 1. The molecule has 1 aromatic carbocycles. The Labute approximate surface area is 81.4 Å². The van der Waals surface area contributed by atoms with Gasteiger partial charge in [0.15, 0.2) is 0 Å². The van der Waals surface area contributed by atoms with Crippen molar-refractivity contribution >= 4 is 22.0 Å². The molecule has 0 saturated carbocycles. The molecule has 2 rings (SSSR count). The number of allylic oxidation sites excluding steroid dienone is 1. The standard InChI is InChI=1S/C11H11Br/c12-8-7-10-6-5-9-3-1-2-4-11(9)10/h1-6,10H,7-8H2. The number of alkyl halides is 1. The number of hydrogen-bond acceptors (Lipinski definition) is 0. The lowest BCUT2D eigenvalue weighted by atomic mass is 9.99. The molecule has 0 bridgehead atoms. The molecule has 0 saturated heterocycles. The molecule has 0 spiro atoms. The summed E-state index contributed by atoms with van der Waals surface area (Å²) in [6, 6.07) is 8.62. The molecule has 0 nitrogen and oxygen atoms in total. The second kappa shape index (κ2) is 3.44. The monoisotopic (exact) mass is 222 g/mol. The first-order valence-corrected chi connectivity index (χ1v) is 5.37. The van der Waals surface area contributed by atoms with E-state index in [9.17, 15) is 0 Å². The number of halogens is 1. The maximum Gasteiger partial charge on any atom is 0.00401 e.